The number of rotatable bonds is 6. The molecule has 0 heterocycles. The summed E-state index contributed by atoms with van der Waals surface area (Å²) in [6, 6.07) is 6.91. The van der Waals surface area contributed by atoms with Crippen LogP contribution in [0.3, 0.4) is 0 Å². The fraction of sp³-hybridized carbons (Fsp3) is 0.571. The van der Waals surface area contributed by atoms with Crippen molar-refractivity contribution in [1.29, 1.82) is 0 Å². The lowest BCUT2D eigenvalue weighted by Gasteiger charge is -2.20. The van der Waals surface area contributed by atoms with Crippen LogP contribution in [-0.2, 0) is 6.54 Å². The van der Waals surface area contributed by atoms with E-state index in [0.29, 0.717) is 18.5 Å². The van der Waals surface area contributed by atoms with Crippen molar-refractivity contribution in [2.24, 2.45) is 5.92 Å². The van der Waals surface area contributed by atoms with E-state index >= 15 is 0 Å². The molecule has 1 aromatic carbocycles. The molecule has 0 aliphatic heterocycles. The molecule has 108 valence electrons. The third-order valence-electron chi connectivity index (χ3n) is 3.28. The van der Waals surface area contributed by atoms with Crippen LogP contribution in [0.5, 0.6) is 0 Å². The highest BCUT2D eigenvalue weighted by atomic mass is 32.2. The predicted molar refractivity (Wildman–Crippen MR) is 74.1 cm³/mol. The Kier molecular flexibility index (Phi) is 6.20. The average molecular weight is 291 g/mol. The van der Waals surface area contributed by atoms with E-state index in [2.05, 4.69) is 26.1 Å². The van der Waals surface area contributed by atoms with Gasteiger partial charge < -0.3 is 5.32 Å². The molecule has 1 nitrogen and oxygen atoms in total. The van der Waals surface area contributed by atoms with E-state index < -0.39 is 5.51 Å². The highest BCUT2D eigenvalue weighted by molar-refractivity contribution is 8.00. The van der Waals surface area contributed by atoms with Gasteiger partial charge in [0.15, 0.2) is 0 Å². The van der Waals surface area contributed by atoms with Crippen LogP contribution in [0.4, 0.5) is 13.2 Å². The van der Waals surface area contributed by atoms with E-state index in [9.17, 15) is 13.2 Å². The SMILES string of the molecule is CCC(C)C(C)NCc1ccc(SC(F)(F)F)cc1. The lowest BCUT2D eigenvalue weighted by atomic mass is 10.0. The molecular formula is C14H20F3NS. The van der Waals surface area contributed by atoms with Crippen molar-refractivity contribution in [3.8, 4) is 0 Å². The highest BCUT2D eigenvalue weighted by Crippen LogP contribution is 2.36. The summed E-state index contributed by atoms with van der Waals surface area (Å²) in [7, 11) is 0. The van der Waals surface area contributed by atoms with E-state index in [1.807, 2.05) is 0 Å². The molecule has 0 amide bonds. The Morgan fingerprint density at radius 1 is 1.16 bits per heavy atom. The first-order chi connectivity index (χ1) is 8.81. The van der Waals surface area contributed by atoms with E-state index in [1.54, 1.807) is 12.1 Å². The minimum absolute atomic E-state index is 0.0781. The van der Waals surface area contributed by atoms with Crippen LogP contribution in [0.25, 0.3) is 0 Å². The normalized spacial score (nSPS) is 15.3. The molecule has 0 saturated heterocycles. The second-order valence-electron chi connectivity index (χ2n) is 4.75. The Morgan fingerprint density at radius 2 is 1.74 bits per heavy atom. The van der Waals surface area contributed by atoms with Crippen LogP contribution >= 0.6 is 11.8 Å². The zero-order valence-corrected chi connectivity index (χ0v) is 12.2. The molecule has 0 radical (unpaired) electrons. The van der Waals surface area contributed by atoms with Gasteiger partial charge in [-0.3, -0.25) is 0 Å². The number of halogens is 3. The number of hydrogen-bond donors (Lipinski definition) is 1. The highest BCUT2D eigenvalue weighted by Gasteiger charge is 2.28. The van der Waals surface area contributed by atoms with Gasteiger partial charge in [0.05, 0.1) is 0 Å². The zero-order chi connectivity index (χ0) is 14.5. The second-order valence-corrected chi connectivity index (χ2v) is 5.89. The summed E-state index contributed by atoms with van der Waals surface area (Å²) in [6.45, 7) is 7.14. The summed E-state index contributed by atoms with van der Waals surface area (Å²) in [4.78, 5) is 0.228. The Morgan fingerprint density at radius 3 is 2.21 bits per heavy atom. The summed E-state index contributed by atoms with van der Waals surface area (Å²) in [5.41, 5.74) is -3.22. The number of alkyl halides is 3. The van der Waals surface area contributed by atoms with Crippen LogP contribution in [0.15, 0.2) is 29.2 Å². The van der Waals surface area contributed by atoms with Crippen LogP contribution in [0, 0.1) is 5.92 Å². The largest absolute Gasteiger partial charge is 0.446 e. The van der Waals surface area contributed by atoms with Crippen LogP contribution in [0.2, 0.25) is 0 Å². The molecule has 0 aliphatic carbocycles. The lowest BCUT2D eigenvalue weighted by molar-refractivity contribution is -0.0328. The molecule has 0 saturated carbocycles. The average Bonchev–Trinajstić information content (AvgIpc) is 2.34. The molecule has 0 aromatic heterocycles. The Balaban J connectivity index is 2.49. The first-order valence-electron chi connectivity index (χ1n) is 6.40. The van der Waals surface area contributed by atoms with Gasteiger partial charge in [0.1, 0.15) is 0 Å². The van der Waals surface area contributed by atoms with Gasteiger partial charge >= 0.3 is 5.51 Å². The predicted octanol–water partition coefficient (Wildman–Crippen LogP) is 4.82. The number of thioether (sulfide) groups is 1. The molecule has 1 rings (SSSR count). The van der Waals surface area contributed by atoms with Crippen molar-refractivity contribution >= 4 is 11.8 Å². The van der Waals surface area contributed by atoms with Crippen LogP contribution in [-0.4, -0.2) is 11.6 Å². The van der Waals surface area contributed by atoms with Crippen molar-refractivity contribution in [2.75, 3.05) is 0 Å². The number of nitrogens with one attached hydrogen (secondary N) is 1. The summed E-state index contributed by atoms with van der Waals surface area (Å²) < 4.78 is 36.5. The van der Waals surface area contributed by atoms with Gasteiger partial charge in [-0.25, -0.2) is 0 Å². The minimum atomic E-state index is -4.22. The van der Waals surface area contributed by atoms with Crippen molar-refractivity contribution < 1.29 is 13.2 Å². The summed E-state index contributed by atoms with van der Waals surface area (Å²) >= 11 is -0.0781. The molecule has 19 heavy (non-hydrogen) atoms. The van der Waals surface area contributed by atoms with E-state index in [4.69, 9.17) is 0 Å². The second kappa shape index (κ2) is 7.20. The standard InChI is InChI=1S/C14H20F3NS/c1-4-10(2)11(3)18-9-12-5-7-13(8-6-12)19-14(15,16)17/h5-8,10-11,18H,4,9H2,1-3H3. The van der Waals surface area contributed by atoms with Gasteiger partial charge in [-0.15, -0.1) is 0 Å². The molecule has 1 aromatic rings. The number of benzene rings is 1. The van der Waals surface area contributed by atoms with Crippen molar-refractivity contribution in [2.45, 2.75) is 50.2 Å². The topological polar surface area (TPSA) is 12.0 Å². The van der Waals surface area contributed by atoms with Crippen LogP contribution in [0.1, 0.15) is 32.8 Å². The molecule has 1 N–H and O–H groups in total. The molecule has 0 fully saturated rings. The third-order valence-corrected chi connectivity index (χ3v) is 4.02. The van der Waals surface area contributed by atoms with Gasteiger partial charge in [-0.1, -0.05) is 32.4 Å². The van der Waals surface area contributed by atoms with Gasteiger partial charge in [0.2, 0.25) is 0 Å². The number of hydrogen-bond acceptors (Lipinski definition) is 2. The van der Waals surface area contributed by atoms with Crippen molar-refractivity contribution in [3.05, 3.63) is 29.8 Å². The molecule has 0 spiro atoms. The molecule has 2 unspecified atom stereocenters. The maximum Gasteiger partial charge on any atom is 0.446 e. The maximum atomic E-state index is 12.2. The molecule has 0 aliphatic rings. The third kappa shape index (κ3) is 6.34. The summed E-state index contributed by atoms with van der Waals surface area (Å²) in [5, 5.41) is 3.39. The van der Waals surface area contributed by atoms with Gasteiger partial charge in [0.25, 0.3) is 0 Å². The first kappa shape index (κ1) is 16.4. The molecular weight excluding hydrogens is 271 g/mol. The van der Waals surface area contributed by atoms with E-state index in [-0.39, 0.29) is 16.7 Å². The van der Waals surface area contributed by atoms with Gasteiger partial charge in [-0.05, 0) is 42.3 Å². The Labute approximate surface area is 117 Å². The molecule has 0 bridgehead atoms. The fourth-order valence-electron chi connectivity index (χ4n) is 1.64. The smallest absolute Gasteiger partial charge is 0.310 e. The van der Waals surface area contributed by atoms with Crippen LogP contribution < -0.4 is 5.32 Å². The fourth-order valence-corrected chi connectivity index (χ4v) is 2.18. The molecule has 5 heteroatoms. The molecule has 2 atom stereocenters. The lowest BCUT2D eigenvalue weighted by Crippen LogP contribution is -2.31. The Hall–Kier alpha value is -0.680. The summed E-state index contributed by atoms with van der Waals surface area (Å²) in [6.07, 6.45) is 1.11. The minimum Gasteiger partial charge on any atom is -0.310 e. The summed E-state index contributed by atoms with van der Waals surface area (Å²) in [5.74, 6) is 0.583. The van der Waals surface area contributed by atoms with Crippen molar-refractivity contribution in [3.63, 3.8) is 0 Å². The van der Waals surface area contributed by atoms with E-state index in [1.165, 1.54) is 12.1 Å². The van der Waals surface area contributed by atoms with E-state index in [0.717, 1.165) is 12.0 Å². The zero-order valence-electron chi connectivity index (χ0n) is 11.4. The van der Waals surface area contributed by atoms with Gasteiger partial charge in [-0.2, -0.15) is 13.2 Å². The van der Waals surface area contributed by atoms with Gasteiger partial charge in [0, 0.05) is 17.5 Å². The van der Waals surface area contributed by atoms with Crippen molar-refractivity contribution in [1.82, 2.24) is 5.32 Å². The first-order valence-corrected chi connectivity index (χ1v) is 7.21. The maximum absolute atomic E-state index is 12.2. The monoisotopic (exact) mass is 291 g/mol. The quantitative estimate of drug-likeness (QED) is 0.754. The Bertz CT molecular complexity index is 375.